The molecule has 1 atom stereocenters. The zero-order valence-electron chi connectivity index (χ0n) is 10.9. The number of morpholine rings is 1. The van der Waals surface area contributed by atoms with Gasteiger partial charge in [-0.25, -0.2) is 4.98 Å². The number of β-amino-alcohol motifs (C(OH)–C–C–N with tert-alkyl or cyclic N) is 1. The summed E-state index contributed by atoms with van der Waals surface area (Å²) in [4.78, 5) is 6.38. The monoisotopic (exact) mass is 290 g/mol. The Morgan fingerprint density at radius 3 is 2.95 bits per heavy atom. The predicted octanol–water partition coefficient (Wildman–Crippen LogP) is 2.56. The van der Waals surface area contributed by atoms with Crippen LogP contribution in [0, 0.1) is 0 Å². The van der Waals surface area contributed by atoms with Crippen molar-refractivity contribution in [3.8, 4) is 11.1 Å². The van der Waals surface area contributed by atoms with Crippen LogP contribution in [0.5, 0.6) is 0 Å². The Bertz CT molecular complexity index is 606. The third-order valence-electron chi connectivity index (χ3n) is 3.30. The summed E-state index contributed by atoms with van der Waals surface area (Å²) in [5.74, 6) is 0.824. The Balaban J connectivity index is 1.92. The van der Waals surface area contributed by atoms with Gasteiger partial charge in [-0.3, -0.25) is 0 Å². The smallest absolute Gasteiger partial charge is 0.172 e. The van der Waals surface area contributed by atoms with E-state index in [1.807, 2.05) is 41.3 Å². The largest absolute Gasteiger partial charge is 0.366 e. The average molecular weight is 291 g/mol. The topological polar surface area (TPSA) is 45.6 Å². The molecule has 104 valence electrons. The van der Waals surface area contributed by atoms with E-state index in [9.17, 15) is 5.11 Å². The standard InChI is InChI=1S/C15H15ClN2O2/c16-13-4-2-1-3-12(13)11-5-6-17-14(9-11)18-7-8-20-15(19)10-18/h1-6,9,15,19H,7-8,10H2. The Kier molecular flexibility index (Phi) is 3.87. The lowest BCUT2D eigenvalue weighted by molar-refractivity contribution is -0.104. The number of pyridine rings is 1. The van der Waals surface area contributed by atoms with Crippen molar-refractivity contribution in [3.05, 3.63) is 47.6 Å². The Morgan fingerprint density at radius 2 is 2.15 bits per heavy atom. The summed E-state index contributed by atoms with van der Waals surface area (Å²) in [6.45, 7) is 1.65. The van der Waals surface area contributed by atoms with Gasteiger partial charge >= 0.3 is 0 Å². The average Bonchev–Trinajstić information content (AvgIpc) is 2.48. The van der Waals surface area contributed by atoms with Crippen LogP contribution in [0.2, 0.25) is 5.02 Å². The molecular weight excluding hydrogens is 276 g/mol. The normalized spacial score (nSPS) is 19.1. The van der Waals surface area contributed by atoms with Gasteiger partial charge in [0, 0.05) is 23.3 Å². The van der Waals surface area contributed by atoms with Crippen molar-refractivity contribution in [2.45, 2.75) is 6.29 Å². The second-order valence-electron chi connectivity index (χ2n) is 4.65. The molecule has 1 N–H and O–H groups in total. The summed E-state index contributed by atoms with van der Waals surface area (Å²) in [7, 11) is 0. The van der Waals surface area contributed by atoms with Crippen LogP contribution < -0.4 is 4.90 Å². The molecule has 3 rings (SSSR count). The molecule has 2 heterocycles. The molecule has 1 saturated heterocycles. The third kappa shape index (κ3) is 2.77. The molecule has 4 nitrogen and oxygen atoms in total. The van der Waals surface area contributed by atoms with E-state index in [0.29, 0.717) is 18.2 Å². The van der Waals surface area contributed by atoms with Crippen LogP contribution in [0.15, 0.2) is 42.6 Å². The molecule has 1 aromatic carbocycles. The van der Waals surface area contributed by atoms with Crippen molar-refractivity contribution in [1.29, 1.82) is 0 Å². The van der Waals surface area contributed by atoms with Crippen LogP contribution >= 0.6 is 11.6 Å². The van der Waals surface area contributed by atoms with Crippen LogP contribution in [0.3, 0.4) is 0 Å². The van der Waals surface area contributed by atoms with Gasteiger partial charge in [-0.1, -0.05) is 29.8 Å². The lowest BCUT2D eigenvalue weighted by atomic mass is 10.1. The van der Waals surface area contributed by atoms with E-state index in [1.165, 1.54) is 0 Å². The molecule has 1 aliphatic heterocycles. The highest BCUT2D eigenvalue weighted by Crippen LogP contribution is 2.29. The van der Waals surface area contributed by atoms with E-state index >= 15 is 0 Å². The Morgan fingerprint density at radius 1 is 1.30 bits per heavy atom. The molecule has 0 bridgehead atoms. The summed E-state index contributed by atoms with van der Waals surface area (Å²) in [5.41, 5.74) is 1.99. The molecule has 1 fully saturated rings. The number of benzene rings is 1. The van der Waals surface area contributed by atoms with E-state index in [2.05, 4.69) is 4.98 Å². The summed E-state index contributed by atoms with van der Waals surface area (Å²) >= 11 is 6.23. The van der Waals surface area contributed by atoms with Gasteiger partial charge in [-0.2, -0.15) is 0 Å². The lowest BCUT2D eigenvalue weighted by Gasteiger charge is -2.31. The number of aliphatic hydroxyl groups excluding tert-OH is 1. The van der Waals surface area contributed by atoms with Crippen molar-refractivity contribution in [3.63, 3.8) is 0 Å². The van der Waals surface area contributed by atoms with Gasteiger partial charge in [-0.05, 0) is 23.8 Å². The zero-order valence-corrected chi connectivity index (χ0v) is 11.6. The minimum Gasteiger partial charge on any atom is -0.366 e. The highest BCUT2D eigenvalue weighted by atomic mass is 35.5. The number of halogens is 1. The van der Waals surface area contributed by atoms with Crippen molar-refractivity contribution >= 4 is 17.4 Å². The SMILES string of the molecule is OC1CN(c2cc(-c3ccccc3Cl)ccn2)CCO1. The second kappa shape index (κ2) is 5.79. The molecule has 0 spiro atoms. The van der Waals surface area contributed by atoms with Gasteiger partial charge < -0.3 is 14.7 Å². The first kappa shape index (κ1) is 13.4. The number of hydrogen-bond donors (Lipinski definition) is 1. The van der Waals surface area contributed by atoms with Crippen LogP contribution in [0.1, 0.15) is 0 Å². The number of hydrogen-bond acceptors (Lipinski definition) is 4. The van der Waals surface area contributed by atoms with Gasteiger partial charge in [0.1, 0.15) is 5.82 Å². The molecular formula is C15H15ClN2O2. The molecule has 2 aromatic rings. The zero-order chi connectivity index (χ0) is 13.9. The first-order chi connectivity index (χ1) is 9.74. The summed E-state index contributed by atoms with van der Waals surface area (Å²) < 4.78 is 5.13. The molecule has 1 aliphatic rings. The maximum absolute atomic E-state index is 9.56. The summed E-state index contributed by atoms with van der Waals surface area (Å²) in [6.07, 6.45) is 1.00. The van der Waals surface area contributed by atoms with Crippen molar-refractivity contribution in [2.75, 3.05) is 24.6 Å². The molecule has 0 saturated carbocycles. The van der Waals surface area contributed by atoms with E-state index in [0.717, 1.165) is 23.5 Å². The Labute approximate surface area is 122 Å². The van der Waals surface area contributed by atoms with Crippen molar-refractivity contribution < 1.29 is 9.84 Å². The highest BCUT2D eigenvalue weighted by molar-refractivity contribution is 6.33. The fourth-order valence-corrected chi connectivity index (χ4v) is 2.54. The van der Waals surface area contributed by atoms with E-state index in [1.54, 1.807) is 6.20 Å². The lowest BCUT2D eigenvalue weighted by Crippen LogP contribution is -2.42. The number of nitrogens with zero attached hydrogens (tertiary/aromatic N) is 2. The molecule has 0 radical (unpaired) electrons. The number of aromatic nitrogens is 1. The van der Waals surface area contributed by atoms with E-state index in [-0.39, 0.29) is 0 Å². The van der Waals surface area contributed by atoms with Gasteiger partial charge in [0.2, 0.25) is 0 Å². The Hall–Kier alpha value is -1.62. The molecule has 5 heteroatoms. The van der Waals surface area contributed by atoms with Gasteiger partial charge in [0.15, 0.2) is 6.29 Å². The van der Waals surface area contributed by atoms with Crippen molar-refractivity contribution in [2.24, 2.45) is 0 Å². The molecule has 1 aromatic heterocycles. The summed E-state index contributed by atoms with van der Waals surface area (Å²) in [6, 6.07) is 11.6. The predicted molar refractivity (Wildman–Crippen MR) is 78.9 cm³/mol. The van der Waals surface area contributed by atoms with Crippen LogP contribution in [-0.2, 0) is 4.74 Å². The summed E-state index contributed by atoms with van der Waals surface area (Å²) in [5, 5.41) is 10.3. The number of anilines is 1. The molecule has 0 aliphatic carbocycles. The number of rotatable bonds is 2. The third-order valence-corrected chi connectivity index (χ3v) is 3.63. The van der Waals surface area contributed by atoms with Crippen LogP contribution in [0.25, 0.3) is 11.1 Å². The van der Waals surface area contributed by atoms with Crippen molar-refractivity contribution in [1.82, 2.24) is 4.98 Å². The maximum atomic E-state index is 9.56. The molecule has 1 unspecified atom stereocenters. The number of ether oxygens (including phenoxy) is 1. The van der Waals surface area contributed by atoms with E-state index in [4.69, 9.17) is 16.3 Å². The first-order valence-corrected chi connectivity index (χ1v) is 6.87. The number of aliphatic hydroxyl groups is 1. The van der Waals surface area contributed by atoms with Crippen LogP contribution in [0.4, 0.5) is 5.82 Å². The second-order valence-corrected chi connectivity index (χ2v) is 5.06. The van der Waals surface area contributed by atoms with E-state index < -0.39 is 6.29 Å². The van der Waals surface area contributed by atoms with Gasteiger partial charge in [0.25, 0.3) is 0 Å². The van der Waals surface area contributed by atoms with Gasteiger partial charge in [-0.15, -0.1) is 0 Å². The minimum atomic E-state index is -0.755. The van der Waals surface area contributed by atoms with Crippen LogP contribution in [-0.4, -0.2) is 36.1 Å². The molecule has 0 amide bonds. The van der Waals surface area contributed by atoms with Gasteiger partial charge in [0.05, 0.1) is 13.2 Å². The quantitative estimate of drug-likeness (QED) is 0.923. The first-order valence-electron chi connectivity index (χ1n) is 6.49. The highest BCUT2D eigenvalue weighted by Gasteiger charge is 2.19. The fourth-order valence-electron chi connectivity index (χ4n) is 2.29. The maximum Gasteiger partial charge on any atom is 0.172 e. The minimum absolute atomic E-state index is 0.430. The molecule has 20 heavy (non-hydrogen) atoms. The fraction of sp³-hybridized carbons (Fsp3) is 0.267.